The lowest BCUT2D eigenvalue weighted by Crippen LogP contribution is -2.15. The zero-order valence-corrected chi connectivity index (χ0v) is 17.9. The molecule has 0 aromatic rings. The molecule has 0 aliphatic carbocycles. The van der Waals surface area contributed by atoms with Crippen LogP contribution in [0.25, 0.3) is 0 Å². The normalized spacial score (nSPS) is 12.2. The predicted molar refractivity (Wildman–Crippen MR) is 114 cm³/mol. The van der Waals surface area contributed by atoms with Gasteiger partial charge in [-0.3, -0.25) is 9.59 Å². The number of unbranched alkanes of at least 4 members (excludes halogenated alkanes) is 15. The molecule has 0 amide bonds. The van der Waals surface area contributed by atoms with Gasteiger partial charge in [0.15, 0.2) is 12.1 Å². The third-order valence-electron chi connectivity index (χ3n) is 5.58. The van der Waals surface area contributed by atoms with Gasteiger partial charge in [-0.15, -0.1) is 0 Å². The average molecular weight is 367 g/mol. The van der Waals surface area contributed by atoms with Crippen LogP contribution >= 0.6 is 0 Å². The van der Waals surface area contributed by atoms with Gasteiger partial charge in [0.05, 0.1) is 0 Å². The molecule has 0 aliphatic rings. The first kappa shape index (κ1) is 25.3. The maximum Gasteiger partial charge on any atom is 0.198 e. The fraction of sp³-hybridized carbons (Fsp3) is 0.917. The Morgan fingerprint density at radius 3 is 1.19 bits per heavy atom. The summed E-state index contributed by atoms with van der Waals surface area (Å²) in [7, 11) is 0. The zero-order chi connectivity index (χ0) is 19.3. The molecule has 0 N–H and O–H groups in total. The van der Waals surface area contributed by atoms with E-state index in [1.54, 1.807) is 0 Å². The topological polar surface area (TPSA) is 34.1 Å². The lowest BCUT2D eigenvalue weighted by molar-refractivity contribution is -0.132. The fourth-order valence-electron chi connectivity index (χ4n) is 3.75. The third-order valence-corrected chi connectivity index (χ3v) is 5.58. The van der Waals surface area contributed by atoms with Crippen LogP contribution < -0.4 is 0 Å². The molecule has 0 heterocycles. The van der Waals surface area contributed by atoms with Crippen molar-refractivity contribution in [1.29, 1.82) is 0 Å². The van der Waals surface area contributed by atoms with Crippen LogP contribution in [0.15, 0.2) is 0 Å². The number of carbonyl (C=O) groups is 2. The molecule has 0 saturated heterocycles. The number of hydrogen-bond donors (Lipinski definition) is 0. The highest BCUT2D eigenvalue weighted by atomic mass is 16.2. The minimum atomic E-state index is -0.160. The molecule has 0 aliphatic heterocycles. The number of ketones is 1. The van der Waals surface area contributed by atoms with Crippen molar-refractivity contribution in [2.24, 2.45) is 5.92 Å². The third kappa shape index (κ3) is 16.8. The average Bonchev–Trinajstić information content (AvgIpc) is 2.66. The lowest BCUT2D eigenvalue weighted by Gasteiger charge is -2.13. The van der Waals surface area contributed by atoms with E-state index in [0.29, 0.717) is 6.29 Å². The van der Waals surface area contributed by atoms with Gasteiger partial charge < -0.3 is 0 Å². The van der Waals surface area contributed by atoms with Gasteiger partial charge in [-0.05, 0) is 12.8 Å². The van der Waals surface area contributed by atoms with Crippen molar-refractivity contribution < 1.29 is 9.59 Å². The molecule has 0 radical (unpaired) electrons. The summed E-state index contributed by atoms with van der Waals surface area (Å²) < 4.78 is 0. The molecule has 0 fully saturated rings. The smallest absolute Gasteiger partial charge is 0.198 e. The molecule has 1 unspecified atom stereocenters. The maximum atomic E-state index is 11.8. The van der Waals surface area contributed by atoms with Crippen molar-refractivity contribution in [3.8, 4) is 0 Å². The Kier molecular flexibility index (Phi) is 20.1. The van der Waals surface area contributed by atoms with Crippen molar-refractivity contribution >= 4 is 12.1 Å². The Labute approximate surface area is 163 Å². The Hall–Kier alpha value is -0.660. The van der Waals surface area contributed by atoms with Gasteiger partial charge in [-0.25, -0.2) is 0 Å². The van der Waals surface area contributed by atoms with E-state index in [1.165, 1.54) is 96.3 Å². The van der Waals surface area contributed by atoms with E-state index in [2.05, 4.69) is 13.8 Å². The van der Waals surface area contributed by atoms with Crippen LogP contribution in [0.2, 0.25) is 0 Å². The van der Waals surface area contributed by atoms with Gasteiger partial charge in [-0.1, -0.05) is 123 Å². The minimum absolute atomic E-state index is 0.00261. The quantitative estimate of drug-likeness (QED) is 0.118. The second-order valence-corrected chi connectivity index (χ2v) is 8.10. The predicted octanol–water partition coefficient (Wildman–Crippen LogP) is 7.82. The second-order valence-electron chi connectivity index (χ2n) is 8.10. The molecule has 0 aromatic carbocycles. The first-order chi connectivity index (χ1) is 12.8. The Morgan fingerprint density at radius 2 is 0.885 bits per heavy atom. The largest absolute Gasteiger partial charge is 0.295 e. The summed E-state index contributed by atoms with van der Waals surface area (Å²) in [4.78, 5) is 22.7. The summed E-state index contributed by atoms with van der Waals surface area (Å²) in [5.41, 5.74) is 0. The van der Waals surface area contributed by atoms with Crippen LogP contribution in [0.1, 0.15) is 136 Å². The monoisotopic (exact) mass is 366 g/mol. The highest BCUT2D eigenvalue weighted by Gasteiger charge is 2.16. The molecule has 1 atom stereocenters. The lowest BCUT2D eigenvalue weighted by atomic mass is 9.91. The molecule has 0 saturated carbocycles. The Bertz CT molecular complexity index is 311. The molecule has 2 heteroatoms. The van der Waals surface area contributed by atoms with Crippen molar-refractivity contribution in [3.05, 3.63) is 0 Å². The van der Waals surface area contributed by atoms with E-state index in [1.807, 2.05) is 0 Å². The number of carbonyl (C=O) groups excluding carboxylic acids is 2. The van der Waals surface area contributed by atoms with Crippen LogP contribution in [-0.4, -0.2) is 12.1 Å². The molecule has 2 nitrogen and oxygen atoms in total. The van der Waals surface area contributed by atoms with Gasteiger partial charge in [0.2, 0.25) is 0 Å². The first-order valence-corrected chi connectivity index (χ1v) is 11.7. The van der Waals surface area contributed by atoms with E-state index in [9.17, 15) is 9.59 Å². The molecule has 0 rings (SSSR count). The summed E-state index contributed by atoms with van der Waals surface area (Å²) in [6.45, 7) is 4.50. The van der Waals surface area contributed by atoms with Crippen molar-refractivity contribution in [2.75, 3.05) is 0 Å². The highest BCUT2D eigenvalue weighted by Crippen LogP contribution is 2.20. The summed E-state index contributed by atoms with van der Waals surface area (Å²) in [5.74, 6) is -0.163. The summed E-state index contributed by atoms with van der Waals surface area (Å²) in [6, 6.07) is 0. The van der Waals surface area contributed by atoms with Gasteiger partial charge in [0.1, 0.15) is 0 Å². The van der Waals surface area contributed by atoms with E-state index in [4.69, 9.17) is 0 Å². The van der Waals surface area contributed by atoms with E-state index in [-0.39, 0.29) is 11.7 Å². The van der Waals surface area contributed by atoms with E-state index in [0.717, 1.165) is 25.7 Å². The Balaban J connectivity index is 3.62. The van der Waals surface area contributed by atoms with Crippen molar-refractivity contribution in [1.82, 2.24) is 0 Å². The molecule has 0 bridgehead atoms. The van der Waals surface area contributed by atoms with Gasteiger partial charge >= 0.3 is 0 Å². The van der Waals surface area contributed by atoms with Crippen LogP contribution in [0, 0.1) is 5.92 Å². The number of rotatable bonds is 21. The van der Waals surface area contributed by atoms with Crippen LogP contribution in [0.5, 0.6) is 0 Å². The van der Waals surface area contributed by atoms with Crippen LogP contribution in [0.4, 0.5) is 0 Å². The first-order valence-electron chi connectivity index (χ1n) is 11.7. The van der Waals surface area contributed by atoms with Crippen molar-refractivity contribution in [2.45, 2.75) is 136 Å². The molecule has 0 aromatic heterocycles. The van der Waals surface area contributed by atoms with Crippen LogP contribution in [0.3, 0.4) is 0 Å². The maximum absolute atomic E-state index is 11.8. The number of hydrogen-bond acceptors (Lipinski definition) is 2. The minimum Gasteiger partial charge on any atom is -0.295 e. The Morgan fingerprint density at radius 1 is 0.577 bits per heavy atom. The van der Waals surface area contributed by atoms with Gasteiger partial charge in [0, 0.05) is 5.92 Å². The molecule has 154 valence electrons. The summed E-state index contributed by atoms with van der Waals surface area (Å²) >= 11 is 0. The van der Waals surface area contributed by atoms with E-state index >= 15 is 0 Å². The second kappa shape index (κ2) is 20.6. The zero-order valence-electron chi connectivity index (χ0n) is 17.9. The SMILES string of the molecule is CCCCCCCCCCCCC(CCCCCCCCC)C(=O)C=O. The number of aldehydes is 1. The number of Topliss-reactive ketones (excluding diaryl/α,β-unsaturated/α-hetero) is 1. The molecular formula is C24H46O2. The fourth-order valence-corrected chi connectivity index (χ4v) is 3.75. The molecular weight excluding hydrogens is 320 g/mol. The summed E-state index contributed by atoms with van der Waals surface area (Å²) in [6.07, 6.45) is 24.4. The van der Waals surface area contributed by atoms with Crippen molar-refractivity contribution in [3.63, 3.8) is 0 Å². The van der Waals surface area contributed by atoms with Crippen LogP contribution in [-0.2, 0) is 9.59 Å². The van der Waals surface area contributed by atoms with Gasteiger partial charge in [0.25, 0.3) is 0 Å². The highest BCUT2D eigenvalue weighted by molar-refractivity contribution is 6.25. The van der Waals surface area contributed by atoms with Gasteiger partial charge in [-0.2, -0.15) is 0 Å². The molecule has 0 spiro atoms. The molecule has 26 heavy (non-hydrogen) atoms. The summed E-state index contributed by atoms with van der Waals surface area (Å²) in [5, 5.41) is 0. The van der Waals surface area contributed by atoms with E-state index < -0.39 is 0 Å². The standard InChI is InChI=1S/C24H46O2/c1-3-5-7-9-11-12-13-15-17-19-21-23(24(26)22-25)20-18-16-14-10-8-6-4-2/h22-23H,3-21H2,1-2H3.